The van der Waals surface area contributed by atoms with E-state index in [4.69, 9.17) is 0 Å². The summed E-state index contributed by atoms with van der Waals surface area (Å²) < 4.78 is 0. The van der Waals surface area contributed by atoms with Crippen LogP contribution in [0.4, 0.5) is 0 Å². The van der Waals surface area contributed by atoms with Gasteiger partial charge in [-0.15, -0.1) is 0 Å². The standard InChI is InChI=1S/C10H16N2O2/c13-9(11-7-1-2-7)5-6-10(14)12-8-3-4-8/h7-8H,1-6H2,(H,11,13)(H,12,14). The molecule has 2 N–H and O–H groups in total. The van der Waals surface area contributed by atoms with Crippen molar-refractivity contribution in [2.45, 2.75) is 50.6 Å². The highest BCUT2D eigenvalue weighted by atomic mass is 16.2. The van der Waals surface area contributed by atoms with Gasteiger partial charge in [-0.2, -0.15) is 0 Å². The molecule has 14 heavy (non-hydrogen) atoms. The van der Waals surface area contributed by atoms with E-state index in [1.54, 1.807) is 0 Å². The molecular weight excluding hydrogens is 180 g/mol. The van der Waals surface area contributed by atoms with Crippen LogP contribution in [0, 0.1) is 0 Å². The molecule has 2 fully saturated rings. The van der Waals surface area contributed by atoms with Crippen LogP contribution in [-0.2, 0) is 9.59 Å². The lowest BCUT2D eigenvalue weighted by atomic mass is 10.3. The molecule has 0 bridgehead atoms. The second-order valence-corrected chi connectivity index (χ2v) is 4.18. The fourth-order valence-corrected chi connectivity index (χ4v) is 1.28. The van der Waals surface area contributed by atoms with Gasteiger partial charge in [0, 0.05) is 24.9 Å². The SMILES string of the molecule is O=C(CCC(=O)NC1CC1)NC1CC1. The molecule has 0 aromatic carbocycles. The Morgan fingerprint density at radius 3 is 1.50 bits per heavy atom. The van der Waals surface area contributed by atoms with Gasteiger partial charge in [-0.3, -0.25) is 9.59 Å². The lowest BCUT2D eigenvalue weighted by molar-refractivity contribution is -0.126. The van der Waals surface area contributed by atoms with Gasteiger partial charge in [0.2, 0.25) is 11.8 Å². The summed E-state index contributed by atoms with van der Waals surface area (Å²) in [6.45, 7) is 0. The maximum Gasteiger partial charge on any atom is 0.220 e. The van der Waals surface area contributed by atoms with Crippen molar-refractivity contribution in [2.24, 2.45) is 0 Å². The van der Waals surface area contributed by atoms with Gasteiger partial charge >= 0.3 is 0 Å². The molecule has 0 atom stereocenters. The van der Waals surface area contributed by atoms with Crippen molar-refractivity contribution in [3.05, 3.63) is 0 Å². The number of nitrogens with one attached hydrogen (secondary N) is 2. The summed E-state index contributed by atoms with van der Waals surface area (Å²) in [4.78, 5) is 22.4. The van der Waals surface area contributed by atoms with Crippen molar-refractivity contribution in [1.82, 2.24) is 10.6 Å². The van der Waals surface area contributed by atoms with Gasteiger partial charge in [-0.1, -0.05) is 0 Å². The highest BCUT2D eigenvalue weighted by molar-refractivity contribution is 5.84. The lowest BCUT2D eigenvalue weighted by Gasteiger charge is -2.03. The number of amides is 2. The Balaban J connectivity index is 1.55. The van der Waals surface area contributed by atoms with Gasteiger partial charge in [0.25, 0.3) is 0 Å². The Kier molecular flexibility index (Phi) is 2.70. The summed E-state index contributed by atoms with van der Waals surface area (Å²) in [6, 6.07) is 0.794. The number of carbonyl (C=O) groups excluding carboxylic acids is 2. The van der Waals surface area contributed by atoms with E-state index < -0.39 is 0 Å². The van der Waals surface area contributed by atoms with Crippen LogP contribution in [-0.4, -0.2) is 23.9 Å². The quantitative estimate of drug-likeness (QED) is 0.665. The van der Waals surface area contributed by atoms with E-state index in [0.717, 1.165) is 25.7 Å². The zero-order chi connectivity index (χ0) is 9.97. The molecule has 4 heteroatoms. The van der Waals surface area contributed by atoms with Gasteiger partial charge in [-0.05, 0) is 25.7 Å². The molecule has 2 aliphatic rings. The second-order valence-electron chi connectivity index (χ2n) is 4.18. The van der Waals surface area contributed by atoms with Crippen LogP contribution >= 0.6 is 0 Å². The normalized spacial score (nSPS) is 20.3. The average molecular weight is 196 g/mol. The largest absolute Gasteiger partial charge is 0.353 e. The third-order valence-corrected chi connectivity index (χ3v) is 2.46. The van der Waals surface area contributed by atoms with Crippen LogP contribution in [0.2, 0.25) is 0 Å². The van der Waals surface area contributed by atoms with Gasteiger partial charge in [0.1, 0.15) is 0 Å². The Morgan fingerprint density at radius 2 is 1.21 bits per heavy atom. The van der Waals surface area contributed by atoms with Crippen LogP contribution in [0.15, 0.2) is 0 Å². The fraction of sp³-hybridized carbons (Fsp3) is 0.800. The van der Waals surface area contributed by atoms with Crippen LogP contribution in [0.3, 0.4) is 0 Å². The molecule has 4 nitrogen and oxygen atoms in total. The number of hydrogen-bond donors (Lipinski definition) is 2. The maximum absolute atomic E-state index is 11.2. The Hall–Kier alpha value is -1.06. The molecule has 0 saturated heterocycles. The van der Waals surface area contributed by atoms with E-state index in [0.29, 0.717) is 24.9 Å². The summed E-state index contributed by atoms with van der Waals surface area (Å²) in [5.41, 5.74) is 0. The van der Waals surface area contributed by atoms with Gasteiger partial charge in [0.05, 0.1) is 0 Å². The molecule has 2 amide bonds. The number of carbonyl (C=O) groups is 2. The third kappa shape index (κ3) is 3.36. The molecule has 0 radical (unpaired) electrons. The van der Waals surface area contributed by atoms with Crippen LogP contribution in [0.25, 0.3) is 0 Å². The Bertz CT molecular complexity index is 219. The molecule has 2 saturated carbocycles. The van der Waals surface area contributed by atoms with E-state index in [1.165, 1.54) is 0 Å². The van der Waals surface area contributed by atoms with E-state index in [1.807, 2.05) is 0 Å². The average Bonchev–Trinajstić information content (AvgIpc) is 2.96. The Labute approximate surface area is 83.4 Å². The summed E-state index contributed by atoms with van der Waals surface area (Å²) in [5.74, 6) is 0.0249. The first-order chi connectivity index (χ1) is 6.74. The van der Waals surface area contributed by atoms with Crippen LogP contribution in [0.1, 0.15) is 38.5 Å². The monoisotopic (exact) mass is 196 g/mol. The molecule has 2 aliphatic carbocycles. The second kappa shape index (κ2) is 3.98. The third-order valence-electron chi connectivity index (χ3n) is 2.46. The number of rotatable bonds is 5. The molecule has 0 unspecified atom stereocenters. The summed E-state index contributed by atoms with van der Waals surface area (Å²) in [7, 11) is 0. The van der Waals surface area contributed by atoms with Gasteiger partial charge in [-0.25, -0.2) is 0 Å². The molecule has 78 valence electrons. The minimum absolute atomic E-state index is 0.0125. The minimum atomic E-state index is 0.0125. The summed E-state index contributed by atoms with van der Waals surface area (Å²) in [6.07, 6.45) is 5.05. The molecule has 0 aromatic heterocycles. The number of hydrogen-bond acceptors (Lipinski definition) is 2. The highest BCUT2D eigenvalue weighted by Crippen LogP contribution is 2.19. The molecule has 2 rings (SSSR count). The smallest absolute Gasteiger partial charge is 0.220 e. The topological polar surface area (TPSA) is 58.2 Å². The predicted molar refractivity (Wildman–Crippen MR) is 51.6 cm³/mol. The van der Waals surface area contributed by atoms with Crippen molar-refractivity contribution in [2.75, 3.05) is 0 Å². The zero-order valence-electron chi connectivity index (χ0n) is 8.21. The predicted octanol–water partition coefficient (Wildman–Crippen LogP) is 0.324. The summed E-state index contributed by atoms with van der Waals surface area (Å²) >= 11 is 0. The van der Waals surface area contributed by atoms with Gasteiger partial charge < -0.3 is 10.6 Å². The van der Waals surface area contributed by atoms with Crippen molar-refractivity contribution >= 4 is 11.8 Å². The molecular formula is C10H16N2O2. The van der Waals surface area contributed by atoms with Crippen molar-refractivity contribution in [1.29, 1.82) is 0 Å². The molecule has 0 aliphatic heterocycles. The first-order valence-corrected chi connectivity index (χ1v) is 5.33. The van der Waals surface area contributed by atoms with E-state index in [2.05, 4.69) is 10.6 Å². The minimum Gasteiger partial charge on any atom is -0.353 e. The van der Waals surface area contributed by atoms with E-state index in [-0.39, 0.29) is 11.8 Å². The Morgan fingerprint density at radius 1 is 0.857 bits per heavy atom. The zero-order valence-corrected chi connectivity index (χ0v) is 8.21. The first-order valence-electron chi connectivity index (χ1n) is 5.33. The molecule has 0 spiro atoms. The van der Waals surface area contributed by atoms with Gasteiger partial charge in [0.15, 0.2) is 0 Å². The van der Waals surface area contributed by atoms with E-state index in [9.17, 15) is 9.59 Å². The van der Waals surface area contributed by atoms with E-state index >= 15 is 0 Å². The highest BCUT2D eigenvalue weighted by Gasteiger charge is 2.25. The molecule has 0 aromatic rings. The van der Waals surface area contributed by atoms with Crippen molar-refractivity contribution in [3.63, 3.8) is 0 Å². The van der Waals surface area contributed by atoms with Crippen molar-refractivity contribution < 1.29 is 9.59 Å². The molecule has 0 heterocycles. The van der Waals surface area contributed by atoms with Crippen LogP contribution < -0.4 is 10.6 Å². The lowest BCUT2D eigenvalue weighted by Crippen LogP contribution is -2.29. The van der Waals surface area contributed by atoms with Crippen molar-refractivity contribution in [3.8, 4) is 0 Å². The maximum atomic E-state index is 11.2. The fourth-order valence-electron chi connectivity index (χ4n) is 1.28. The summed E-state index contributed by atoms with van der Waals surface area (Å²) in [5, 5.41) is 5.72. The first kappa shape index (κ1) is 9.49. The van der Waals surface area contributed by atoms with Crippen LogP contribution in [0.5, 0.6) is 0 Å².